The summed E-state index contributed by atoms with van der Waals surface area (Å²) in [5.41, 5.74) is 21.5. The van der Waals surface area contributed by atoms with Gasteiger partial charge in [-0.2, -0.15) is 14.7 Å². The van der Waals surface area contributed by atoms with Gasteiger partial charge in [-0.3, -0.25) is 4.79 Å². The van der Waals surface area contributed by atoms with E-state index in [-0.39, 0.29) is 90.0 Å². The highest BCUT2D eigenvalue weighted by molar-refractivity contribution is 7.90. The molecule has 0 fully saturated rings. The molecule has 3 aromatic heterocycles. The van der Waals surface area contributed by atoms with E-state index < -0.39 is 42.1 Å². The second-order valence-corrected chi connectivity index (χ2v) is 21.6. The van der Waals surface area contributed by atoms with Gasteiger partial charge in [0.1, 0.15) is 11.2 Å². The molecular formula is C41H54Cl4N12O11S3. The van der Waals surface area contributed by atoms with E-state index in [1.807, 2.05) is 0 Å². The SMILES string of the molecule is COC[C@@H](NS(=O)(=O)c1ccc2c(Cl)cnc(N=C(N)N)c2c1)C(=O)O.COC[C@H](C)NS(=O)(=O)c1ccc2c(Cl)cnc(Cl)c2c1.COC[C@H](C)NS(=O)(=O)c1ccc2c(Cl)cnc(N=C(N)N)c2c1.[2HH].[2HH].[2HH]. The zero-order valence-electron chi connectivity index (χ0n) is 38.1. The molecule has 0 spiro atoms. The molecule has 0 bridgehead atoms. The van der Waals surface area contributed by atoms with Crippen LogP contribution in [0.3, 0.4) is 0 Å². The number of fused-ring (bicyclic) bond motifs is 3. The zero-order chi connectivity index (χ0) is 53.0. The minimum Gasteiger partial charge on any atom is -0.480 e. The molecule has 12 N–H and O–H groups in total. The van der Waals surface area contributed by atoms with Crippen LogP contribution < -0.4 is 37.1 Å². The predicted molar refractivity (Wildman–Crippen MR) is 279 cm³/mol. The number of halogens is 4. The van der Waals surface area contributed by atoms with Crippen LogP contribution in [0, 0.1) is 0 Å². The third-order valence-electron chi connectivity index (χ3n) is 9.22. The summed E-state index contributed by atoms with van der Waals surface area (Å²) in [6.07, 6.45) is 4.16. The molecule has 0 amide bonds. The van der Waals surface area contributed by atoms with Crippen molar-refractivity contribution >= 4 is 138 Å². The minimum absolute atomic E-state index is 0. The number of rotatable bonds is 18. The van der Waals surface area contributed by atoms with E-state index in [0.29, 0.717) is 37.0 Å². The number of carboxylic acid groups (broad SMARTS) is 1. The summed E-state index contributed by atoms with van der Waals surface area (Å²) < 4.78 is 96.2. The molecular weight excluding hydrogens is 1070 g/mol. The number of ether oxygens (including phenoxy) is 3. The van der Waals surface area contributed by atoms with Crippen LogP contribution in [0.25, 0.3) is 32.3 Å². The normalized spacial score (nSPS) is 13.0. The fraction of sp³-hybridized carbons (Fsp3) is 0.268. The average molecular weight is 1130 g/mol. The van der Waals surface area contributed by atoms with Crippen molar-refractivity contribution in [3.63, 3.8) is 0 Å². The van der Waals surface area contributed by atoms with Gasteiger partial charge in [-0.15, -0.1) is 0 Å². The van der Waals surface area contributed by atoms with Gasteiger partial charge in [0.15, 0.2) is 23.6 Å². The van der Waals surface area contributed by atoms with Gasteiger partial charge < -0.3 is 42.3 Å². The lowest BCUT2D eigenvalue weighted by Gasteiger charge is -2.14. The molecule has 3 atom stereocenters. The van der Waals surface area contributed by atoms with Gasteiger partial charge >= 0.3 is 5.97 Å². The number of nitrogens with two attached hydrogens (primary N) is 4. The maximum Gasteiger partial charge on any atom is 0.324 e. The lowest BCUT2D eigenvalue weighted by atomic mass is 10.1. The number of aromatic nitrogens is 3. The Hall–Kier alpha value is -5.33. The Morgan fingerprint density at radius 1 is 0.577 bits per heavy atom. The average Bonchev–Trinajstić information content (AvgIpc) is 3.29. The lowest BCUT2D eigenvalue weighted by Crippen LogP contribution is -2.43. The maximum atomic E-state index is 12.5. The van der Waals surface area contributed by atoms with Crippen LogP contribution in [-0.2, 0) is 49.1 Å². The molecule has 3 heterocycles. The van der Waals surface area contributed by atoms with Crippen LogP contribution >= 0.6 is 46.4 Å². The zero-order valence-corrected chi connectivity index (χ0v) is 43.6. The number of nitrogens with zero attached hydrogens (tertiary/aromatic N) is 5. The molecule has 0 aliphatic carbocycles. The summed E-state index contributed by atoms with van der Waals surface area (Å²) in [5, 5.41) is 13.3. The number of sulfonamides is 3. The summed E-state index contributed by atoms with van der Waals surface area (Å²) in [4.78, 5) is 30.8. The number of aliphatic carboxylic acids is 1. The first-order valence-corrected chi connectivity index (χ1v) is 26.1. The fourth-order valence-electron chi connectivity index (χ4n) is 6.24. The molecule has 0 saturated carbocycles. The number of pyridine rings is 3. The molecule has 6 rings (SSSR count). The van der Waals surface area contributed by atoms with E-state index in [1.165, 1.54) is 82.4 Å². The smallest absolute Gasteiger partial charge is 0.324 e. The van der Waals surface area contributed by atoms with Crippen molar-refractivity contribution in [1.29, 1.82) is 0 Å². The van der Waals surface area contributed by atoms with Gasteiger partial charge in [0.25, 0.3) is 0 Å². The van der Waals surface area contributed by atoms with Gasteiger partial charge in [-0.1, -0.05) is 64.6 Å². The van der Waals surface area contributed by atoms with Crippen molar-refractivity contribution in [2.75, 3.05) is 41.2 Å². The van der Waals surface area contributed by atoms with Crippen molar-refractivity contribution in [2.45, 2.75) is 46.7 Å². The number of guanidine groups is 2. The largest absolute Gasteiger partial charge is 0.480 e. The number of carboxylic acids is 1. The topological polar surface area (TPSA) is 371 Å². The van der Waals surface area contributed by atoms with Gasteiger partial charge in [0, 0.05) is 88.6 Å². The summed E-state index contributed by atoms with van der Waals surface area (Å²) in [6, 6.07) is 10.8. The molecule has 30 heteroatoms. The molecule has 3 aromatic carbocycles. The van der Waals surface area contributed by atoms with Crippen LogP contribution in [0.15, 0.2) is 97.9 Å². The minimum atomic E-state index is -4.17. The van der Waals surface area contributed by atoms with Crippen LogP contribution in [0.1, 0.15) is 18.1 Å². The number of carbonyl (C=O) groups is 1. The molecule has 71 heavy (non-hydrogen) atoms. The monoisotopic (exact) mass is 1130 g/mol. The second-order valence-electron chi connectivity index (χ2n) is 14.9. The van der Waals surface area contributed by atoms with E-state index in [0.717, 1.165) is 0 Å². The number of nitrogens with one attached hydrogen (secondary N) is 3. The molecule has 0 aliphatic rings. The molecule has 390 valence electrons. The third kappa shape index (κ3) is 15.8. The van der Waals surface area contributed by atoms with E-state index in [2.05, 4.69) is 39.1 Å². The highest BCUT2D eigenvalue weighted by Crippen LogP contribution is 2.33. The molecule has 0 aliphatic heterocycles. The fourth-order valence-corrected chi connectivity index (χ4v) is 10.8. The van der Waals surface area contributed by atoms with Gasteiger partial charge in [0.2, 0.25) is 30.1 Å². The first-order valence-electron chi connectivity index (χ1n) is 20.1. The number of benzene rings is 3. The van der Waals surface area contributed by atoms with Crippen molar-refractivity contribution in [3.8, 4) is 0 Å². The van der Waals surface area contributed by atoms with E-state index in [4.69, 9.17) is 88.7 Å². The summed E-state index contributed by atoms with van der Waals surface area (Å²) in [7, 11) is -7.31. The molecule has 0 saturated heterocycles. The summed E-state index contributed by atoms with van der Waals surface area (Å²) >= 11 is 24.2. The highest BCUT2D eigenvalue weighted by atomic mass is 35.5. The molecule has 6 aromatic rings. The van der Waals surface area contributed by atoms with Crippen molar-refractivity contribution in [1.82, 2.24) is 29.1 Å². The predicted octanol–water partition coefficient (Wildman–Crippen LogP) is 4.87. The van der Waals surface area contributed by atoms with Crippen molar-refractivity contribution < 1.29 is 53.6 Å². The van der Waals surface area contributed by atoms with Crippen LogP contribution in [-0.4, -0.2) is 122 Å². The number of hydrogen-bond donors (Lipinski definition) is 8. The number of methoxy groups -OCH3 is 3. The quantitative estimate of drug-likeness (QED) is 0.0323. The number of hydrogen-bond acceptors (Lipinski definition) is 15. The van der Waals surface area contributed by atoms with Crippen molar-refractivity contribution in [3.05, 3.63) is 93.4 Å². The Balaban J connectivity index is 0.000000547. The highest BCUT2D eigenvalue weighted by Gasteiger charge is 2.26. The Morgan fingerprint density at radius 2 is 0.915 bits per heavy atom. The van der Waals surface area contributed by atoms with Gasteiger partial charge in [0.05, 0.1) is 49.6 Å². The summed E-state index contributed by atoms with van der Waals surface area (Å²) in [5.74, 6) is -1.56. The Labute approximate surface area is 432 Å². The Morgan fingerprint density at radius 3 is 1.27 bits per heavy atom. The van der Waals surface area contributed by atoms with Gasteiger partial charge in [-0.05, 0) is 50.2 Å². The lowest BCUT2D eigenvalue weighted by molar-refractivity contribution is -0.140. The van der Waals surface area contributed by atoms with E-state index in [9.17, 15) is 30.0 Å². The summed E-state index contributed by atoms with van der Waals surface area (Å²) in [6.45, 7) is 3.61. The second kappa shape index (κ2) is 25.4. The van der Waals surface area contributed by atoms with Crippen LogP contribution in [0.2, 0.25) is 20.2 Å². The maximum absolute atomic E-state index is 12.5. The standard InChI is InChI=1S/C14H16ClN5O5S.C14H18ClN5O3S.C13H14Cl2N2O3S.3H2/c1-25-6-11(13(21)22)20-26(23,24)7-2-3-8-9(4-7)12(19-14(16)17)18-5-10(8)15;1-8(7-23-2)20-24(21,22)9-3-4-10-11(5-9)13(19-14(16)17)18-6-12(10)15;1-8(7-20-2)17-21(18,19)9-3-4-10-11(5-9)13(15)16-6-12(10)14;;;/h2-5,11,20H,6H2,1H3,(H,21,22)(H4,16,17,18,19);3-6,8,20H,7H2,1-2H3,(H4,16,17,18,19);3-6,8,17H,7H2,1-2H3;3*1H/t11-;2*8-;;;/m100.../s1/i;;;3*1+1. The van der Waals surface area contributed by atoms with Crippen molar-refractivity contribution in [2.24, 2.45) is 32.9 Å². The van der Waals surface area contributed by atoms with Crippen LogP contribution in [0.5, 0.6) is 0 Å². The van der Waals surface area contributed by atoms with Gasteiger partial charge in [-0.25, -0.2) is 49.6 Å². The molecule has 23 nitrogen and oxygen atoms in total. The van der Waals surface area contributed by atoms with E-state index in [1.54, 1.807) is 26.0 Å². The van der Waals surface area contributed by atoms with E-state index >= 15 is 0 Å². The molecule has 0 radical (unpaired) electrons. The Kier molecular flexibility index (Phi) is 20.8. The first-order chi connectivity index (χ1) is 33.2. The number of aliphatic imine (C=N–C) groups is 2. The van der Waals surface area contributed by atoms with Crippen LogP contribution in [0.4, 0.5) is 11.6 Å². The third-order valence-corrected chi connectivity index (χ3v) is 15.1. The molecule has 0 unspecified atom stereocenters. The first kappa shape index (κ1) is 58.2. The Bertz CT molecular complexity index is 3330.